The number of hydrogen-bond acceptors (Lipinski definition) is 5. The first kappa shape index (κ1) is 21.8. The fourth-order valence-corrected chi connectivity index (χ4v) is 2.70. The first-order valence-corrected chi connectivity index (χ1v) is 8.31. The molecule has 1 aromatic rings. The maximum Gasteiger partial charge on any atom is 0.193 e. The smallest absolute Gasteiger partial charge is 0.193 e. The van der Waals surface area contributed by atoms with Crippen LogP contribution in [0, 0.1) is 0 Å². The number of guanidine groups is 1. The van der Waals surface area contributed by atoms with Gasteiger partial charge in [0.1, 0.15) is 5.75 Å². The summed E-state index contributed by atoms with van der Waals surface area (Å²) in [5.74, 6) is 1.23. The number of anilines is 1. The van der Waals surface area contributed by atoms with Crippen molar-refractivity contribution < 1.29 is 14.6 Å². The second kappa shape index (κ2) is 12.2. The molecule has 1 heterocycles. The normalized spacial score (nSPS) is 15.0. The highest BCUT2D eigenvalue weighted by Gasteiger charge is 2.21. The van der Waals surface area contributed by atoms with Gasteiger partial charge in [0.05, 0.1) is 25.5 Å². The summed E-state index contributed by atoms with van der Waals surface area (Å²) in [4.78, 5) is 8.77. The van der Waals surface area contributed by atoms with Gasteiger partial charge in [-0.2, -0.15) is 0 Å². The first-order valence-electron chi connectivity index (χ1n) is 8.31. The maximum absolute atomic E-state index is 9.97. The van der Waals surface area contributed by atoms with Crippen LogP contribution >= 0.6 is 24.0 Å². The largest absolute Gasteiger partial charge is 0.506 e. The molecule has 25 heavy (non-hydrogen) atoms. The predicted octanol–water partition coefficient (Wildman–Crippen LogP) is 1.37. The third-order valence-electron chi connectivity index (χ3n) is 3.97. The zero-order valence-corrected chi connectivity index (χ0v) is 17.3. The molecule has 0 saturated carbocycles. The molecule has 142 valence electrons. The lowest BCUT2D eigenvalue weighted by molar-refractivity contribution is 0.0731. The average Bonchev–Trinajstić information content (AvgIpc) is 2.62. The van der Waals surface area contributed by atoms with Gasteiger partial charge >= 0.3 is 0 Å². The number of nitrogens with zero attached hydrogens (tertiary/aromatic N) is 3. The van der Waals surface area contributed by atoms with Crippen LogP contribution in [0.15, 0.2) is 29.3 Å². The number of methoxy groups -OCH3 is 1. The predicted molar refractivity (Wildman–Crippen MR) is 111 cm³/mol. The Morgan fingerprint density at radius 2 is 1.88 bits per heavy atom. The fourth-order valence-electron chi connectivity index (χ4n) is 2.70. The second-order valence-electron chi connectivity index (χ2n) is 5.54. The number of phenolic OH excluding ortho intramolecular Hbond substituents is 1. The minimum Gasteiger partial charge on any atom is -0.506 e. The first-order chi connectivity index (χ1) is 11.8. The Balaban J connectivity index is 0.00000312. The van der Waals surface area contributed by atoms with E-state index in [1.807, 2.05) is 18.2 Å². The van der Waals surface area contributed by atoms with Gasteiger partial charge in [-0.3, -0.25) is 4.99 Å². The summed E-state index contributed by atoms with van der Waals surface area (Å²) in [5, 5.41) is 13.3. The molecule has 2 rings (SSSR count). The molecule has 1 aromatic carbocycles. The quantitative estimate of drug-likeness (QED) is 0.275. The number of aromatic hydroxyl groups is 1. The SMILES string of the molecule is CN=C(NCCOCCOC)N1CCN(c2ccccc2O)CC1.I. The number of halogens is 1. The van der Waals surface area contributed by atoms with Crippen molar-refractivity contribution in [2.75, 3.05) is 71.6 Å². The van der Waals surface area contributed by atoms with Crippen LogP contribution in [0.25, 0.3) is 0 Å². The van der Waals surface area contributed by atoms with Crippen molar-refractivity contribution in [2.45, 2.75) is 0 Å². The summed E-state index contributed by atoms with van der Waals surface area (Å²) in [7, 11) is 3.46. The molecule has 0 spiro atoms. The van der Waals surface area contributed by atoms with E-state index in [-0.39, 0.29) is 24.0 Å². The molecule has 7 nitrogen and oxygen atoms in total. The van der Waals surface area contributed by atoms with Crippen molar-refractivity contribution in [1.82, 2.24) is 10.2 Å². The van der Waals surface area contributed by atoms with Crippen molar-refractivity contribution in [3.05, 3.63) is 24.3 Å². The van der Waals surface area contributed by atoms with Gasteiger partial charge in [0.15, 0.2) is 5.96 Å². The summed E-state index contributed by atoms with van der Waals surface area (Å²) < 4.78 is 10.4. The minimum absolute atomic E-state index is 0. The molecule has 2 N–H and O–H groups in total. The van der Waals surface area contributed by atoms with Crippen LogP contribution in [-0.2, 0) is 9.47 Å². The molecule has 0 bridgehead atoms. The Kier molecular flexibility index (Phi) is 10.6. The fraction of sp³-hybridized carbons (Fsp3) is 0.588. The molecular weight excluding hydrogens is 435 g/mol. The molecule has 8 heteroatoms. The molecule has 0 aliphatic carbocycles. The molecular formula is C17H29IN4O3. The summed E-state index contributed by atoms with van der Waals surface area (Å²) in [6.07, 6.45) is 0. The van der Waals surface area contributed by atoms with E-state index in [0.29, 0.717) is 25.6 Å². The summed E-state index contributed by atoms with van der Waals surface area (Å²) >= 11 is 0. The van der Waals surface area contributed by atoms with Gasteiger partial charge in [-0.05, 0) is 12.1 Å². The standard InChI is InChI=1S/C17H28N4O3.HI/c1-18-17(19-7-12-24-14-13-23-2)21-10-8-20(9-11-21)15-5-3-4-6-16(15)22;/h3-6,22H,7-14H2,1-2H3,(H,18,19);1H. The lowest BCUT2D eigenvalue weighted by atomic mass is 10.2. The van der Waals surface area contributed by atoms with Crippen molar-refractivity contribution in [3.63, 3.8) is 0 Å². The van der Waals surface area contributed by atoms with Gasteiger partial charge in [-0.25, -0.2) is 0 Å². The lowest BCUT2D eigenvalue weighted by Crippen LogP contribution is -2.53. The zero-order chi connectivity index (χ0) is 17.2. The molecule has 0 aromatic heterocycles. The van der Waals surface area contributed by atoms with E-state index in [4.69, 9.17) is 9.47 Å². The maximum atomic E-state index is 9.97. The number of benzene rings is 1. The van der Waals surface area contributed by atoms with Crippen molar-refractivity contribution >= 4 is 35.6 Å². The van der Waals surface area contributed by atoms with E-state index in [2.05, 4.69) is 20.1 Å². The number of aliphatic imine (C=N–C) groups is 1. The van der Waals surface area contributed by atoms with Crippen LogP contribution in [0.4, 0.5) is 5.69 Å². The molecule has 1 fully saturated rings. The molecule has 0 radical (unpaired) electrons. The van der Waals surface area contributed by atoms with Crippen molar-refractivity contribution in [1.29, 1.82) is 0 Å². The second-order valence-corrected chi connectivity index (χ2v) is 5.54. The molecule has 1 saturated heterocycles. The topological polar surface area (TPSA) is 69.6 Å². The Labute approximate surface area is 167 Å². The average molecular weight is 464 g/mol. The van der Waals surface area contributed by atoms with E-state index >= 15 is 0 Å². The Hall–Kier alpha value is -1.26. The van der Waals surface area contributed by atoms with Crippen molar-refractivity contribution in [2.24, 2.45) is 4.99 Å². The van der Waals surface area contributed by atoms with Crippen LogP contribution in [0.2, 0.25) is 0 Å². The van der Waals surface area contributed by atoms with Crippen LogP contribution in [0.1, 0.15) is 0 Å². The minimum atomic E-state index is 0. The third kappa shape index (κ3) is 6.87. The van der Waals surface area contributed by atoms with E-state index in [1.165, 1.54) is 0 Å². The van der Waals surface area contributed by atoms with E-state index < -0.39 is 0 Å². The number of phenols is 1. The highest BCUT2D eigenvalue weighted by Crippen LogP contribution is 2.27. The van der Waals surface area contributed by atoms with Crippen LogP contribution in [-0.4, -0.2) is 82.7 Å². The Bertz CT molecular complexity index is 522. The van der Waals surface area contributed by atoms with E-state index in [0.717, 1.165) is 44.4 Å². The lowest BCUT2D eigenvalue weighted by Gasteiger charge is -2.37. The highest BCUT2D eigenvalue weighted by atomic mass is 127. The van der Waals surface area contributed by atoms with Gasteiger partial charge in [0.25, 0.3) is 0 Å². The van der Waals surface area contributed by atoms with Crippen LogP contribution in [0.3, 0.4) is 0 Å². The number of para-hydroxylation sites is 2. The number of ether oxygens (including phenoxy) is 2. The number of rotatable bonds is 7. The van der Waals surface area contributed by atoms with Crippen molar-refractivity contribution in [3.8, 4) is 5.75 Å². The summed E-state index contributed by atoms with van der Waals surface area (Å²) in [6, 6.07) is 7.47. The molecule has 1 aliphatic rings. The summed E-state index contributed by atoms with van der Waals surface area (Å²) in [5.41, 5.74) is 0.895. The molecule has 0 amide bonds. The molecule has 0 atom stereocenters. The van der Waals surface area contributed by atoms with E-state index in [9.17, 15) is 5.11 Å². The zero-order valence-electron chi connectivity index (χ0n) is 15.0. The third-order valence-corrected chi connectivity index (χ3v) is 3.97. The molecule has 0 unspecified atom stereocenters. The Morgan fingerprint density at radius 3 is 2.52 bits per heavy atom. The van der Waals surface area contributed by atoms with Gasteiger partial charge < -0.3 is 29.7 Å². The molecule has 1 aliphatic heterocycles. The van der Waals surface area contributed by atoms with Crippen LogP contribution in [0.5, 0.6) is 5.75 Å². The van der Waals surface area contributed by atoms with Gasteiger partial charge in [0, 0.05) is 46.9 Å². The van der Waals surface area contributed by atoms with Gasteiger partial charge in [-0.15, -0.1) is 24.0 Å². The summed E-state index contributed by atoms with van der Waals surface area (Å²) in [6.45, 7) is 5.98. The highest BCUT2D eigenvalue weighted by molar-refractivity contribution is 14.0. The van der Waals surface area contributed by atoms with Gasteiger partial charge in [0.2, 0.25) is 0 Å². The number of nitrogens with one attached hydrogen (secondary N) is 1. The monoisotopic (exact) mass is 464 g/mol. The van der Waals surface area contributed by atoms with E-state index in [1.54, 1.807) is 20.2 Å². The van der Waals surface area contributed by atoms with Gasteiger partial charge in [-0.1, -0.05) is 12.1 Å². The Morgan fingerprint density at radius 1 is 1.16 bits per heavy atom. The van der Waals surface area contributed by atoms with Crippen LogP contribution < -0.4 is 10.2 Å². The number of hydrogen-bond donors (Lipinski definition) is 2. The number of piperazine rings is 1.